The molecule has 0 bridgehead atoms. The lowest BCUT2D eigenvalue weighted by Crippen LogP contribution is -2.32. The molecule has 0 heterocycles. The second kappa shape index (κ2) is 9.47. The quantitative estimate of drug-likeness (QED) is 0.756. The number of rotatable bonds is 7. The summed E-state index contributed by atoms with van der Waals surface area (Å²) in [6, 6.07) is 12.0. The minimum absolute atomic E-state index is 0.0374. The van der Waals surface area contributed by atoms with Gasteiger partial charge in [-0.1, -0.05) is 6.07 Å². The van der Waals surface area contributed by atoms with E-state index < -0.39 is 11.8 Å². The van der Waals surface area contributed by atoms with Crippen molar-refractivity contribution < 1.29 is 23.5 Å². The lowest BCUT2D eigenvalue weighted by molar-refractivity contribution is -0.117. The van der Waals surface area contributed by atoms with Crippen molar-refractivity contribution in [2.75, 3.05) is 23.4 Å². The van der Waals surface area contributed by atoms with Crippen molar-refractivity contribution in [2.45, 2.75) is 20.3 Å². The van der Waals surface area contributed by atoms with Gasteiger partial charge in [0.15, 0.2) is 0 Å². The van der Waals surface area contributed by atoms with Crippen LogP contribution in [0.1, 0.15) is 30.6 Å². The van der Waals surface area contributed by atoms with Crippen LogP contribution in [-0.4, -0.2) is 30.9 Å². The largest absolute Gasteiger partial charge is 0.462 e. The highest BCUT2D eigenvalue weighted by molar-refractivity contribution is 5.95. The Labute approximate surface area is 156 Å². The van der Waals surface area contributed by atoms with Crippen LogP contribution in [0.15, 0.2) is 48.5 Å². The number of amides is 2. The van der Waals surface area contributed by atoms with Gasteiger partial charge in [-0.2, -0.15) is 0 Å². The van der Waals surface area contributed by atoms with Gasteiger partial charge in [0, 0.05) is 31.3 Å². The first kappa shape index (κ1) is 20.1. The van der Waals surface area contributed by atoms with Crippen molar-refractivity contribution in [3.05, 3.63) is 59.9 Å². The molecule has 2 amide bonds. The van der Waals surface area contributed by atoms with Crippen molar-refractivity contribution in [3.63, 3.8) is 0 Å². The van der Waals surface area contributed by atoms with Crippen molar-refractivity contribution >= 4 is 29.2 Å². The molecule has 2 aromatic rings. The molecule has 0 saturated heterocycles. The molecule has 0 aliphatic rings. The van der Waals surface area contributed by atoms with Crippen LogP contribution in [0, 0.1) is 5.82 Å². The molecule has 2 aromatic carbocycles. The monoisotopic (exact) mass is 372 g/mol. The van der Waals surface area contributed by atoms with Crippen molar-refractivity contribution in [1.29, 1.82) is 0 Å². The molecule has 1 N–H and O–H groups in total. The normalized spacial score (nSPS) is 10.2. The molecule has 0 radical (unpaired) electrons. The van der Waals surface area contributed by atoms with E-state index in [1.807, 2.05) is 0 Å². The van der Waals surface area contributed by atoms with E-state index in [-0.39, 0.29) is 31.4 Å². The lowest BCUT2D eigenvalue weighted by atomic mass is 10.2. The Bertz CT molecular complexity index is 821. The number of nitrogens with one attached hydrogen (secondary N) is 1. The number of hydrogen-bond acceptors (Lipinski definition) is 4. The van der Waals surface area contributed by atoms with Gasteiger partial charge < -0.3 is 15.0 Å². The maximum absolute atomic E-state index is 13.4. The van der Waals surface area contributed by atoms with Gasteiger partial charge in [0.05, 0.1) is 12.2 Å². The molecule has 6 nitrogen and oxygen atoms in total. The first-order valence-electron chi connectivity index (χ1n) is 8.51. The molecule has 0 unspecified atom stereocenters. The summed E-state index contributed by atoms with van der Waals surface area (Å²) in [6.07, 6.45) is 0.0374. The highest BCUT2D eigenvalue weighted by Gasteiger charge is 2.14. The molecule has 0 aliphatic heterocycles. The van der Waals surface area contributed by atoms with Gasteiger partial charge in [-0.15, -0.1) is 0 Å². The number of anilines is 2. The zero-order chi connectivity index (χ0) is 19.8. The Kier molecular flexibility index (Phi) is 7.05. The van der Waals surface area contributed by atoms with Gasteiger partial charge in [0.1, 0.15) is 5.82 Å². The Morgan fingerprint density at radius 1 is 1.11 bits per heavy atom. The van der Waals surface area contributed by atoms with E-state index >= 15 is 0 Å². The SMILES string of the molecule is CCOC(=O)c1ccc(NC(=O)CCN(C(C)=O)c2cccc(F)c2)cc1. The molecular weight excluding hydrogens is 351 g/mol. The van der Waals surface area contributed by atoms with Crippen LogP contribution >= 0.6 is 0 Å². The minimum atomic E-state index is -0.454. The summed E-state index contributed by atoms with van der Waals surface area (Å²) in [5.74, 6) is -1.47. The van der Waals surface area contributed by atoms with E-state index in [1.54, 1.807) is 37.3 Å². The fourth-order valence-corrected chi connectivity index (χ4v) is 2.45. The number of esters is 1. The highest BCUT2D eigenvalue weighted by atomic mass is 19.1. The molecular formula is C20H21FN2O4. The Morgan fingerprint density at radius 2 is 1.81 bits per heavy atom. The topological polar surface area (TPSA) is 75.7 Å². The van der Waals surface area contributed by atoms with Crippen LogP contribution in [0.2, 0.25) is 0 Å². The van der Waals surface area contributed by atoms with E-state index in [2.05, 4.69) is 5.32 Å². The number of carbonyl (C=O) groups is 3. The van der Waals surface area contributed by atoms with E-state index in [4.69, 9.17) is 4.74 Å². The zero-order valence-corrected chi connectivity index (χ0v) is 15.2. The smallest absolute Gasteiger partial charge is 0.338 e. The average Bonchev–Trinajstić information content (AvgIpc) is 2.62. The number of ether oxygens (including phenoxy) is 1. The lowest BCUT2D eigenvalue weighted by Gasteiger charge is -2.21. The Morgan fingerprint density at radius 3 is 2.41 bits per heavy atom. The molecule has 0 aromatic heterocycles. The van der Waals surface area contributed by atoms with Crippen LogP contribution < -0.4 is 10.2 Å². The molecule has 142 valence electrons. The van der Waals surface area contributed by atoms with Crippen LogP contribution in [0.4, 0.5) is 15.8 Å². The predicted octanol–water partition coefficient (Wildman–Crippen LogP) is 3.38. The summed E-state index contributed by atoms with van der Waals surface area (Å²) in [7, 11) is 0. The maximum atomic E-state index is 13.4. The first-order chi connectivity index (χ1) is 12.9. The maximum Gasteiger partial charge on any atom is 0.338 e. The van der Waals surface area contributed by atoms with Gasteiger partial charge in [0.25, 0.3) is 0 Å². The predicted molar refractivity (Wildman–Crippen MR) is 100 cm³/mol. The Balaban J connectivity index is 1.94. The van der Waals surface area contributed by atoms with Crippen LogP contribution in [0.5, 0.6) is 0 Å². The summed E-state index contributed by atoms with van der Waals surface area (Å²) in [6.45, 7) is 3.48. The number of hydrogen-bond donors (Lipinski definition) is 1. The summed E-state index contributed by atoms with van der Waals surface area (Å²) in [5.41, 5.74) is 1.31. The number of nitrogens with zero attached hydrogens (tertiary/aromatic N) is 1. The number of halogens is 1. The van der Waals surface area contributed by atoms with Crippen molar-refractivity contribution in [3.8, 4) is 0 Å². The van der Waals surface area contributed by atoms with E-state index in [9.17, 15) is 18.8 Å². The van der Waals surface area contributed by atoms with Crippen molar-refractivity contribution in [2.24, 2.45) is 0 Å². The molecule has 7 heteroatoms. The highest BCUT2D eigenvalue weighted by Crippen LogP contribution is 2.17. The summed E-state index contributed by atoms with van der Waals surface area (Å²) >= 11 is 0. The summed E-state index contributed by atoms with van der Waals surface area (Å²) < 4.78 is 18.3. The second-order valence-corrected chi connectivity index (χ2v) is 5.75. The van der Waals surface area contributed by atoms with E-state index in [1.165, 1.54) is 30.0 Å². The summed E-state index contributed by atoms with van der Waals surface area (Å²) in [4.78, 5) is 36.9. The zero-order valence-electron chi connectivity index (χ0n) is 15.2. The fourth-order valence-electron chi connectivity index (χ4n) is 2.45. The minimum Gasteiger partial charge on any atom is -0.462 e. The van der Waals surface area contributed by atoms with Gasteiger partial charge in [-0.05, 0) is 49.4 Å². The van der Waals surface area contributed by atoms with Gasteiger partial charge in [0.2, 0.25) is 11.8 Å². The summed E-state index contributed by atoms with van der Waals surface area (Å²) in [5, 5.41) is 2.69. The molecule has 0 saturated carbocycles. The number of benzene rings is 2. The third kappa shape index (κ3) is 5.91. The van der Waals surface area contributed by atoms with Crippen LogP contribution in [0.3, 0.4) is 0 Å². The first-order valence-corrected chi connectivity index (χ1v) is 8.51. The second-order valence-electron chi connectivity index (χ2n) is 5.75. The average molecular weight is 372 g/mol. The van der Waals surface area contributed by atoms with Crippen LogP contribution in [0.25, 0.3) is 0 Å². The van der Waals surface area contributed by atoms with E-state index in [0.29, 0.717) is 16.9 Å². The third-order valence-electron chi connectivity index (χ3n) is 3.74. The molecule has 0 spiro atoms. The molecule has 0 fully saturated rings. The van der Waals surface area contributed by atoms with Crippen molar-refractivity contribution in [1.82, 2.24) is 0 Å². The molecule has 27 heavy (non-hydrogen) atoms. The number of carbonyl (C=O) groups excluding carboxylic acids is 3. The standard InChI is InChI=1S/C20H21FN2O4/c1-3-27-20(26)15-7-9-17(10-8-15)22-19(25)11-12-23(14(2)24)18-6-4-5-16(21)13-18/h4-10,13H,3,11-12H2,1-2H3,(H,22,25). The van der Waals surface area contributed by atoms with Gasteiger partial charge in [-0.25, -0.2) is 9.18 Å². The van der Waals surface area contributed by atoms with Gasteiger partial charge in [-0.3, -0.25) is 9.59 Å². The third-order valence-corrected chi connectivity index (χ3v) is 3.74. The molecule has 0 atom stereocenters. The van der Waals surface area contributed by atoms with Crippen LogP contribution in [-0.2, 0) is 14.3 Å². The Hall–Kier alpha value is -3.22. The fraction of sp³-hybridized carbons (Fsp3) is 0.250. The van der Waals surface area contributed by atoms with Gasteiger partial charge >= 0.3 is 5.97 Å². The molecule has 0 aliphatic carbocycles. The van der Waals surface area contributed by atoms with E-state index in [0.717, 1.165) is 0 Å². The molecule has 2 rings (SSSR count).